The van der Waals surface area contributed by atoms with Crippen LogP contribution >= 0.6 is 11.3 Å². The Hall–Kier alpha value is -0.490. The van der Waals surface area contributed by atoms with Crippen LogP contribution in [0.5, 0.6) is 0 Å². The molecule has 2 atom stereocenters. The number of thiazole rings is 1. The lowest BCUT2D eigenvalue weighted by atomic mass is 10.1. The minimum absolute atomic E-state index is 0.360. The average Bonchev–Trinajstić information content (AvgIpc) is 2.55. The minimum Gasteiger partial charge on any atom is -0.389 e. The van der Waals surface area contributed by atoms with E-state index in [2.05, 4.69) is 10.3 Å². The highest BCUT2D eigenvalue weighted by molar-refractivity contribution is 7.07. The summed E-state index contributed by atoms with van der Waals surface area (Å²) in [4.78, 5) is 3.90. The maximum atomic E-state index is 9.46. The average molecular weight is 188 g/mol. The van der Waals surface area contributed by atoms with Crippen LogP contribution < -0.4 is 5.32 Å². The van der Waals surface area contributed by atoms with Gasteiger partial charge in [0, 0.05) is 11.9 Å². The van der Waals surface area contributed by atoms with E-state index in [1.165, 1.54) is 11.3 Å². The van der Waals surface area contributed by atoms with Gasteiger partial charge in [0.25, 0.3) is 0 Å². The summed E-state index contributed by atoms with van der Waals surface area (Å²) in [6.45, 7) is 0.360. The lowest BCUT2D eigenvalue weighted by molar-refractivity contribution is 0.0180. The van der Waals surface area contributed by atoms with E-state index in [4.69, 9.17) is 0 Å². The van der Waals surface area contributed by atoms with Gasteiger partial charge < -0.3 is 15.5 Å². The van der Waals surface area contributed by atoms with Crippen LogP contribution in [0.2, 0.25) is 0 Å². The summed E-state index contributed by atoms with van der Waals surface area (Å²) in [6, 6.07) is 0. The number of nitrogens with one attached hydrogen (secondary N) is 1. The molecule has 0 saturated carbocycles. The predicted octanol–water partition coefficient (Wildman–Crippen LogP) is -0.243. The van der Waals surface area contributed by atoms with Crippen molar-refractivity contribution in [2.45, 2.75) is 12.2 Å². The summed E-state index contributed by atoms with van der Waals surface area (Å²) >= 11 is 1.40. The Bertz CT molecular complexity index is 215. The highest BCUT2D eigenvalue weighted by atomic mass is 32.1. The Morgan fingerprint density at radius 3 is 2.92 bits per heavy atom. The Labute approximate surface area is 74.9 Å². The molecule has 0 bridgehead atoms. The summed E-state index contributed by atoms with van der Waals surface area (Å²) in [6.07, 6.45) is -1.68. The van der Waals surface area contributed by atoms with E-state index < -0.39 is 12.2 Å². The fourth-order valence-corrected chi connectivity index (χ4v) is 1.47. The molecule has 0 radical (unpaired) electrons. The number of aromatic nitrogens is 1. The van der Waals surface area contributed by atoms with Crippen LogP contribution in [0.1, 0.15) is 11.8 Å². The van der Waals surface area contributed by atoms with Crippen LogP contribution in [-0.2, 0) is 0 Å². The van der Waals surface area contributed by atoms with Gasteiger partial charge in [-0.15, -0.1) is 11.3 Å². The lowest BCUT2D eigenvalue weighted by Crippen LogP contribution is -2.29. The van der Waals surface area contributed by atoms with Gasteiger partial charge in [-0.25, -0.2) is 4.98 Å². The number of aliphatic hydroxyl groups excluding tert-OH is 2. The normalized spacial score (nSPS) is 15.9. The molecule has 0 fully saturated rings. The Morgan fingerprint density at radius 2 is 2.42 bits per heavy atom. The van der Waals surface area contributed by atoms with E-state index in [0.717, 1.165) is 0 Å². The van der Waals surface area contributed by atoms with Gasteiger partial charge in [0.1, 0.15) is 6.10 Å². The van der Waals surface area contributed by atoms with E-state index in [0.29, 0.717) is 12.2 Å². The van der Waals surface area contributed by atoms with E-state index >= 15 is 0 Å². The molecule has 1 aromatic heterocycles. The summed E-state index contributed by atoms with van der Waals surface area (Å²) in [7, 11) is 1.72. The van der Waals surface area contributed by atoms with Crippen LogP contribution in [0.3, 0.4) is 0 Å². The molecule has 0 spiro atoms. The van der Waals surface area contributed by atoms with Gasteiger partial charge in [-0.3, -0.25) is 0 Å². The van der Waals surface area contributed by atoms with Crippen molar-refractivity contribution in [3.05, 3.63) is 16.6 Å². The van der Waals surface area contributed by atoms with Gasteiger partial charge >= 0.3 is 0 Å². The van der Waals surface area contributed by atoms with Crippen molar-refractivity contribution in [1.82, 2.24) is 10.3 Å². The summed E-state index contributed by atoms with van der Waals surface area (Å²) in [5, 5.41) is 23.3. The topological polar surface area (TPSA) is 65.4 Å². The van der Waals surface area contributed by atoms with Crippen molar-refractivity contribution in [2.75, 3.05) is 13.6 Å². The van der Waals surface area contributed by atoms with Crippen LogP contribution in [0.4, 0.5) is 0 Å². The van der Waals surface area contributed by atoms with Gasteiger partial charge in [-0.2, -0.15) is 0 Å². The van der Waals surface area contributed by atoms with Crippen molar-refractivity contribution in [3.63, 3.8) is 0 Å². The van der Waals surface area contributed by atoms with Crippen molar-refractivity contribution < 1.29 is 10.2 Å². The molecule has 0 aliphatic carbocycles. The van der Waals surface area contributed by atoms with E-state index in [-0.39, 0.29) is 0 Å². The molecule has 5 heteroatoms. The molecule has 0 amide bonds. The van der Waals surface area contributed by atoms with Gasteiger partial charge in [0.15, 0.2) is 0 Å². The number of likely N-dealkylation sites (N-methyl/N-ethyl adjacent to an activating group) is 1. The monoisotopic (exact) mass is 188 g/mol. The van der Waals surface area contributed by atoms with Crippen LogP contribution in [0.15, 0.2) is 10.9 Å². The van der Waals surface area contributed by atoms with Crippen molar-refractivity contribution >= 4 is 11.3 Å². The van der Waals surface area contributed by atoms with Gasteiger partial charge in [0.2, 0.25) is 0 Å². The zero-order valence-corrected chi connectivity index (χ0v) is 7.58. The molecular weight excluding hydrogens is 176 g/mol. The second-order valence-corrected chi connectivity index (χ2v) is 3.20. The molecule has 1 rings (SSSR count). The van der Waals surface area contributed by atoms with Crippen molar-refractivity contribution in [1.29, 1.82) is 0 Å². The fourth-order valence-electron chi connectivity index (χ4n) is 0.886. The highest BCUT2D eigenvalue weighted by Gasteiger charge is 2.18. The maximum Gasteiger partial charge on any atom is 0.124 e. The van der Waals surface area contributed by atoms with Crippen LogP contribution in [-0.4, -0.2) is 34.9 Å². The number of hydrogen-bond acceptors (Lipinski definition) is 5. The third-order valence-electron chi connectivity index (χ3n) is 1.53. The molecule has 1 aromatic rings. The molecule has 4 nitrogen and oxygen atoms in total. The Balaban J connectivity index is 2.53. The highest BCUT2D eigenvalue weighted by Crippen LogP contribution is 2.15. The van der Waals surface area contributed by atoms with E-state index in [1.54, 1.807) is 17.9 Å². The second-order valence-electron chi connectivity index (χ2n) is 2.48. The van der Waals surface area contributed by atoms with E-state index in [1.807, 2.05) is 0 Å². The smallest absolute Gasteiger partial charge is 0.124 e. The number of hydrogen-bond donors (Lipinski definition) is 3. The molecule has 1 heterocycles. The summed E-state index contributed by atoms with van der Waals surface area (Å²) in [5.41, 5.74) is 2.16. The summed E-state index contributed by atoms with van der Waals surface area (Å²) in [5.74, 6) is 0. The molecule has 0 aliphatic rings. The van der Waals surface area contributed by atoms with Crippen LogP contribution in [0.25, 0.3) is 0 Å². The molecule has 68 valence electrons. The Kier molecular flexibility index (Phi) is 3.61. The molecule has 12 heavy (non-hydrogen) atoms. The molecule has 0 aliphatic heterocycles. The first-order valence-electron chi connectivity index (χ1n) is 3.64. The van der Waals surface area contributed by atoms with Crippen molar-refractivity contribution in [2.24, 2.45) is 0 Å². The van der Waals surface area contributed by atoms with E-state index in [9.17, 15) is 10.2 Å². The van der Waals surface area contributed by atoms with Gasteiger partial charge in [0.05, 0.1) is 17.3 Å². The number of aliphatic hydroxyl groups is 2. The first-order valence-corrected chi connectivity index (χ1v) is 4.58. The quantitative estimate of drug-likeness (QED) is 0.610. The molecule has 3 N–H and O–H groups in total. The minimum atomic E-state index is -0.885. The third kappa shape index (κ3) is 2.25. The Morgan fingerprint density at radius 1 is 1.67 bits per heavy atom. The summed E-state index contributed by atoms with van der Waals surface area (Å²) < 4.78 is 0. The number of rotatable bonds is 4. The second kappa shape index (κ2) is 4.51. The third-order valence-corrected chi connectivity index (χ3v) is 2.14. The fraction of sp³-hybridized carbons (Fsp3) is 0.571. The maximum absolute atomic E-state index is 9.46. The molecule has 0 aromatic carbocycles. The first kappa shape index (κ1) is 9.60. The molecule has 0 saturated heterocycles. The van der Waals surface area contributed by atoms with Crippen LogP contribution in [0, 0.1) is 0 Å². The predicted molar refractivity (Wildman–Crippen MR) is 47.0 cm³/mol. The largest absolute Gasteiger partial charge is 0.389 e. The zero-order valence-electron chi connectivity index (χ0n) is 6.77. The molecular formula is C7H12N2O2S. The zero-order chi connectivity index (χ0) is 8.97. The standard InChI is InChI=1S/C7H12N2O2S/c1-8-2-6(10)7(11)5-3-12-4-9-5/h3-4,6-8,10-11H,2H2,1H3. The van der Waals surface area contributed by atoms with Gasteiger partial charge in [-0.05, 0) is 7.05 Å². The lowest BCUT2D eigenvalue weighted by Gasteiger charge is -2.14. The first-order chi connectivity index (χ1) is 5.75. The van der Waals surface area contributed by atoms with Crippen molar-refractivity contribution in [3.8, 4) is 0 Å². The SMILES string of the molecule is CNCC(O)C(O)c1cscn1. The molecule has 2 unspecified atom stereocenters. The number of nitrogens with zero attached hydrogens (tertiary/aromatic N) is 1. The van der Waals surface area contributed by atoms with Gasteiger partial charge in [-0.1, -0.05) is 0 Å².